The third-order valence-electron chi connectivity index (χ3n) is 4.80. The van der Waals surface area contributed by atoms with Gasteiger partial charge in [-0.2, -0.15) is 0 Å². The molecule has 2 aromatic rings. The SMILES string of the molecule is COc1c2ccc(c1OC(C)C)CCCCC(=O)CCc1ccc(O)c(c1)O2. The number of Topliss-reactive ketones (excluding diaryl/α,β-unsaturated/α-hetero) is 1. The molecule has 0 fully saturated rings. The third kappa shape index (κ3) is 4.77. The van der Waals surface area contributed by atoms with Gasteiger partial charge in [0.1, 0.15) is 5.78 Å². The van der Waals surface area contributed by atoms with Crippen molar-refractivity contribution in [3.63, 3.8) is 0 Å². The van der Waals surface area contributed by atoms with Crippen molar-refractivity contribution in [2.24, 2.45) is 0 Å². The molecule has 2 heterocycles. The minimum Gasteiger partial charge on any atom is -0.504 e. The smallest absolute Gasteiger partial charge is 0.204 e. The highest BCUT2D eigenvalue weighted by Gasteiger charge is 2.20. The topological polar surface area (TPSA) is 65.0 Å². The van der Waals surface area contributed by atoms with Gasteiger partial charge in [0.2, 0.25) is 5.75 Å². The summed E-state index contributed by atoms with van der Waals surface area (Å²) in [5, 5.41) is 10.2. The number of hydrogen-bond donors (Lipinski definition) is 1. The molecule has 2 aromatic carbocycles. The lowest BCUT2D eigenvalue weighted by atomic mass is 10.0. The molecule has 0 unspecified atom stereocenters. The van der Waals surface area contributed by atoms with Gasteiger partial charge >= 0.3 is 0 Å². The van der Waals surface area contributed by atoms with Gasteiger partial charge in [-0.25, -0.2) is 0 Å². The first-order chi connectivity index (χ1) is 13.5. The fourth-order valence-corrected chi connectivity index (χ4v) is 3.38. The van der Waals surface area contributed by atoms with Crippen molar-refractivity contribution < 1.29 is 24.1 Å². The van der Waals surface area contributed by atoms with E-state index in [4.69, 9.17) is 14.2 Å². The lowest BCUT2D eigenvalue weighted by Crippen LogP contribution is -2.09. The quantitative estimate of drug-likeness (QED) is 0.787. The van der Waals surface area contributed by atoms with E-state index in [-0.39, 0.29) is 17.6 Å². The Bertz CT molecular complexity index is 841. The lowest BCUT2D eigenvalue weighted by Gasteiger charge is -2.20. The number of carbonyl (C=O) groups is 1. The molecule has 0 saturated carbocycles. The Balaban J connectivity index is 2.07. The summed E-state index contributed by atoms with van der Waals surface area (Å²) in [5.74, 6) is 2.30. The lowest BCUT2D eigenvalue weighted by molar-refractivity contribution is -0.119. The Labute approximate surface area is 166 Å². The normalized spacial score (nSPS) is 14.9. The van der Waals surface area contributed by atoms with Gasteiger partial charge in [-0.3, -0.25) is 4.79 Å². The predicted molar refractivity (Wildman–Crippen MR) is 108 cm³/mol. The van der Waals surface area contributed by atoms with Gasteiger partial charge in [0.05, 0.1) is 13.2 Å². The molecule has 0 spiro atoms. The maximum absolute atomic E-state index is 12.2. The van der Waals surface area contributed by atoms with Crippen LogP contribution in [0.15, 0.2) is 30.3 Å². The fourth-order valence-electron chi connectivity index (χ4n) is 3.38. The molecule has 150 valence electrons. The summed E-state index contributed by atoms with van der Waals surface area (Å²) in [7, 11) is 1.59. The number of ether oxygens (including phenoxy) is 3. The predicted octanol–water partition coefficient (Wildman–Crippen LogP) is 5.21. The van der Waals surface area contributed by atoms with Crippen LogP contribution in [0.3, 0.4) is 0 Å². The second kappa shape index (κ2) is 9.00. The number of aromatic hydroxyl groups is 1. The number of phenolic OH excluding ortho intramolecular Hbond substituents is 1. The second-order valence-electron chi connectivity index (χ2n) is 7.40. The van der Waals surface area contributed by atoms with Crippen LogP contribution in [0.25, 0.3) is 0 Å². The number of aryl methyl sites for hydroxylation is 2. The summed E-state index contributed by atoms with van der Waals surface area (Å²) in [6, 6.07) is 9.01. The summed E-state index contributed by atoms with van der Waals surface area (Å²) in [6.07, 6.45) is 4.23. The standard InChI is InChI=1S/C23H28O5/c1-15(2)27-22-17-6-4-5-7-18(24)11-8-16-9-12-19(25)21(14-16)28-20(13-10-17)23(22)26-3/h9-10,12-15,25H,4-8,11H2,1-3H3. The van der Waals surface area contributed by atoms with Crippen LogP contribution < -0.4 is 14.2 Å². The Morgan fingerprint density at radius 3 is 2.50 bits per heavy atom. The molecule has 0 aliphatic carbocycles. The van der Waals surface area contributed by atoms with Gasteiger partial charge in [-0.15, -0.1) is 0 Å². The van der Waals surface area contributed by atoms with E-state index in [0.717, 1.165) is 30.4 Å². The van der Waals surface area contributed by atoms with Crippen LogP contribution in [0.5, 0.6) is 28.7 Å². The molecule has 0 atom stereocenters. The van der Waals surface area contributed by atoms with Gasteiger partial charge in [0, 0.05) is 12.8 Å². The van der Waals surface area contributed by atoms with Crippen LogP contribution in [0.1, 0.15) is 50.7 Å². The van der Waals surface area contributed by atoms with E-state index in [0.29, 0.717) is 42.3 Å². The molecule has 4 bridgehead atoms. The van der Waals surface area contributed by atoms with Gasteiger partial charge in [-0.1, -0.05) is 12.1 Å². The Hall–Kier alpha value is -2.69. The number of hydrogen-bond acceptors (Lipinski definition) is 5. The van der Waals surface area contributed by atoms with Gasteiger partial charge in [-0.05, 0) is 68.9 Å². The van der Waals surface area contributed by atoms with Crippen molar-refractivity contribution in [1.82, 2.24) is 0 Å². The summed E-state index contributed by atoms with van der Waals surface area (Å²) < 4.78 is 17.7. The van der Waals surface area contributed by atoms with Crippen molar-refractivity contribution >= 4 is 5.78 Å². The molecule has 0 radical (unpaired) electrons. The largest absolute Gasteiger partial charge is 0.504 e. The van der Waals surface area contributed by atoms with Crippen molar-refractivity contribution in [2.75, 3.05) is 7.11 Å². The maximum Gasteiger partial charge on any atom is 0.204 e. The molecule has 4 rings (SSSR count). The first-order valence-corrected chi connectivity index (χ1v) is 9.86. The van der Waals surface area contributed by atoms with Crippen LogP contribution >= 0.6 is 0 Å². The molecule has 2 aliphatic heterocycles. The highest BCUT2D eigenvalue weighted by atomic mass is 16.5. The van der Waals surface area contributed by atoms with E-state index in [9.17, 15) is 9.90 Å². The van der Waals surface area contributed by atoms with E-state index < -0.39 is 0 Å². The molecule has 5 nitrogen and oxygen atoms in total. The highest BCUT2D eigenvalue weighted by molar-refractivity contribution is 5.78. The van der Waals surface area contributed by atoms with Crippen LogP contribution in [0.4, 0.5) is 0 Å². The van der Waals surface area contributed by atoms with Crippen LogP contribution in [-0.2, 0) is 17.6 Å². The minimum atomic E-state index is -0.0247. The molecule has 0 amide bonds. The van der Waals surface area contributed by atoms with E-state index in [1.165, 1.54) is 0 Å². The van der Waals surface area contributed by atoms with Crippen molar-refractivity contribution in [2.45, 2.75) is 58.5 Å². The van der Waals surface area contributed by atoms with E-state index >= 15 is 0 Å². The average Bonchev–Trinajstić information content (AvgIpc) is 2.66. The molecule has 0 aromatic heterocycles. The Kier molecular flexibility index (Phi) is 6.45. The molecule has 28 heavy (non-hydrogen) atoms. The molecule has 0 saturated heterocycles. The zero-order valence-electron chi connectivity index (χ0n) is 16.8. The fraction of sp³-hybridized carbons (Fsp3) is 0.435. The average molecular weight is 384 g/mol. The zero-order valence-corrected chi connectivity index (χ0v) is 16.8. The van der Waals surface area contributed by atoms with Crippen LogP contribution in [0, 0.1) is 0 Å². The molecule has 1 N–H and O–H groups in total. The molecular weight excluding hydrogens is 356 g/mol. The first-order valence-electron chi connectivity index (χ1n) is 9.86. The van der Waals surface area contributed by atoms with Crippen molar-refractivity contribution in [3.8, 4) is 28.7 Å². The first kappa shape index (κ1) is 20.1. The Morgan fingerprint density at radius 1 is 0.964 bits per heavy atom. The number of benzene rings is 2. The minimum absolute atomic E-state index is 0.0247. The zero-order chi connectivity index (χ0) is 20.1. The summed E-state index contributed by atoms with van der Waals surface area (Å²) in [4.78, 5) is 12.2. The summed E-state index contributed by atoms with van der Waals surface area (Å²) in [6.45, 7) is 3.93. The highest BCUT2D eigenvalue weighted by Crippen LogP contribution is 2.44. The van der Waals surface area contributed by atoms with Gasteiger partial charge < -0.3 is 19.3 Å². The van der Waals surface area contributed by atoms with E-state index in [1.807, 2.05) is 32.0 Å². The summed E-state index contributed by atoms with van der Waals surface area (Å²) in [5.41, 5.74) is 1.98. The maximum atomic E-state index is 12.2. The second-order valence-corrected chi connectivity index (χ2v) is 7.40. The Morgan fingerprint density at radius 2 is 1.75 bits per heavy atom. The van der Waals surface area contributed by atoms with Crippen molar-refractivity contribution in [1.29, 1.82) is 0 Å². The van der Waals surface area contributed by atoms with E-state index in [1.54, 1.807) is 19.2 Å². The molecule has 5 heteroatoms. The number of carbonyl (C=O) groups excluding carboxylic acids is 1. The van der Waals surface area contributed by atoms with Gasteiger partial charge in [0.15, 0.2) is 23.0 Å². The van der Waals surface area contributed by atoms with E-state index in [2.05, 4.69) is 0 Å². The third-order valence-corrected chi connectivity index (χ3v) is 4.80. The number of fused-ring (bicyclic) bond motifs is 8. The monoisotopic (exact) mass is 384 g/mol. The molecule has 2 aliphatic rings. The van der Waals surface area contributed by atoms with Crippen LogP contribution in [0.2, 0.25) is 0 Å². The van der Waals surface area contributed by atoms with Crippen LogP contribution in [-0.4, -0.2) is 24.1 Å². The number of ketones is 1. The number of methoxy groups -OCH3 is 1. The number of phenols is 1. The summed E-state index contributed by atoms with van der Waals surface area (Å²) >= 11 is 0. The van der Waals surface area contributed by atoms with Crippen molar-refractivity contribution in [3.05, 3.63) is 41.5 Å². The molecular formula is C23H28O5. The number of rotatable bonds is 3. The van der Waals surface area contributed by atoms with Gasteiger partial charge in [0.25, 0.3) is 0 Å².